The number of anilines is 2. The van der Waals surface area contributed by atoms with Crippen molar-refractivity contribution in [1.82, 2.24) is 0 Å². The SMILES string of the molecule is O=C(Cc1cccc2ccccc12)Nc1ccc2c(c1)CCN2C(=O)c1cccs1. The molecule has 0 radical (unpaired) electrons. The van der Waals surface area contributed by atoms with Crippen LogP contribution in [0.3, 0.4) is 0 Å². The van der Waals surface area contributed by atoms with Crippen LogP contribution in [0.1, 0.15) is 20.8 Å². The zero-order valence-electron chi connectivity index (χ0n) is 16.3. The van der Waals surface area contributed by atoms with Crippen LogP contribution in [-0.2, 0) is 17.6 Å². The van der Waals surface area contributed by atoms with Crippen LogP contribution >= 0.6 is 11.3 Å². The molecule has 5 rings (SSSR count). The van der Waals surface area contributed by atoms with Crippen LogP contribution < -0.4 is 10.2 Å². The summed E-state index contributed by atoms with van der Waals surface area (Å²) in [6.07, 6.45) is 1.11. The fourth-order valence-corrected chi connectivity index (χ4v) is 4.72. The van der Waals surface area contributed by atoms with Gasteiger partial charge in [-0.1, -0.05) is 48.5 Å². The molecule has 1 aliphatic heterocycles. The number of carbonyl (C=O) groups excluding carboxylic acids is 2. The molecule has 1 aromatic heterocycles. The number of fused-ring (bicyclic) bond motifs is 2. The molecule has 0 spiro atoms. The van der Waals surface area contributed by atoms with Crippen molar-refractivity contribution < 1.29 is 9.59 Å². The lowest BCUT2D eigenvalue weighted by atomic mass is 10.0. The zero-order valence-corrected chi connectivity index (χ0v) is 17.1. The third-order valence-corrected chi connectivity index (χ3v) is 6.32. The minimum absolute atomic E-state index is 0.0384. The van der Waals surface area contributed by atoms with Crippen LogP contribution in [0.2, 0.25) is 0 Å². The van der Waals surface area contributed by atoms with E-state index in [-0.39, 0.29) is 11.8 Å². The molecule has 30 heavy (non-hydrogen) atoms. The van der Waals surface area contributed by atoms with Crippen molar-refractivity contribution in [2.45, 2.75) is 12.8 Å². The number of rotatable bonds is 4. The van der Waals surface area contributed by atoms with E-state index < -0.39 is 0 Å². The highest BCUT2D eigenvalue weighted by atomic mass is 32.1. The van der Waals surface area contributed by atoms with E-state index in [4.69, 9.17) is 0 Å². The van der Waals surface area contributed by atoms with Gasteiger partial charge in [-0.2, -0.15) is 0 Å². The van der Waals surface area contributed by atoms with Gasteiger partial charge in [-0.3, -0.25) is 9.59 Å². The molecule has 4 aromatic rings. The Morgan fingerprint density at radius 3 is 2.70 bits per heavy atom. The van der Waals surface area contributed by atoms with Gasteiger partial charge >= 0.3 is 0 Å². The van der Waals surface area contributed by atoms with Crippen molar-refractivity contribution in [3.05, 3.63) is 94.2 Å². The molecule has 3 aromatic carbocycles. The average Bonchev–Trinajstić information content (AvgIpc) is 3.43. The first-order chi connectivity index (χ1) is 14.7. The molecule has 0 saturated carbocycles. The molecular formula is C25H20N2O2S. The van der Waals surface area contributed by atoms with Crippen molar-refractivity contribution in [3.63, 3.8) is 0 Å². The van der Waals surface area contributed by atoms with Crippen molar-refractivity contribution >= 4 is 45.3 Å². The van der Waals surface area contributed by atoms with Crippen LogP contribution in [0.4, 0.5) is 11.4 Å². The second-order valence-corrected chi connectivity index (χ2v) is 8.34. The number of carbonyl (C=O) groups is 2. The topological polar surface area (TPSA) is 49.4 Å². The molecule has 2 heterocycles. The van der Waals surface area contributed by atoms with Gasteiger partial charge in [-0.15, -0.1) is 11.3 Å². The average molecular weight is 413 g/mol. The number of hydrogen-bond donors (Lipinski definition) is 1. The predicted octanol–water partition coefficient (Wildman–Crippen LogP) is 5.29. The first-order valence-corrected chi connectivity index (χ1v) is 10.8. The highest BCUT2D eigenvalue weighted by Gasteiger charge is 2.26. The summed E-state index contributed by atoms with van der Waals surface area (Å²) >= 11 is 1.46. The van der Waals surface area contributed by atoms with Gasteiger partial charge in [-0.25, -0.2) is 0 Å². The Morgan fingerprint density at radius 1 is 0.967 bits per heavy atom. The summed E-state index contributed by atoms with van der Waals surface area (Å²) in [6.45, 7) is 0.666. The van der Waals surface area contributed by atoms with E-state index in [0.717, 1.165) is 44.6 Å². The monoisotopic (exact) mass is 412 g/mol. The summed E-state index contributed by atoms with van der Waals surface area (Å²) in [6, 6.07) is 23.7. The Labute approximate surface area is 178 Å². The smallest absolute Gasteiger partial charge is 0.268 e. The number of amides is 2. The molecule has 1 aliphatic rings. The first kappa shape index (κ1) is 18.6. The lowest BCUT2D eigenvalue weighted by Gasteiger charge is -2.16. The summed E-state index contributed by atoms with van der Waals surface area (Å²) in [4.78, 5) is 28.0. The Balaban J connectivity index is 1.32. The van der Waals surface area contributed by atoms with Crippen LogP contribution in [0, 0.1) is 0 Å². The van der Waals surface area contributed by atoms with Crippen molar-refractivity contribution in [1.29, 1.82) is 0 Å². The maximum absolute atomic E-state index is 12.7. The van der Waals surface area contributed by atoms with Crippen LogP contribution in [0.5, 0.6) is 0 Å². The number of benzene rings is 3. The summed E-state index contributed by atoms with van der Waals surface area (Å²) < 4.78 is 0. The van der Waals surface area contributed by atoms with Crippen LogP contribution in [-0.4, -0.2) is 18.4 Å². The van der Waals surface area contributed by atoms with Crippen molar-refractivity contribution in [2.75, 3.05) is 16.8 Å². The maximum Gasteiger partial charge on any atom is 0.268 e. The number of thiophene rings is 1. The molecule has 0 aliphatic carbocycles. The Morgan fingerprint density at radius 2 is 1.83 bits per heavy atom. The standard InChI is InChI=1S/C25H20N2O2S/c28-24(16-18-7-3-6-17-5-1-2-8-21(17)18)26-20-10-11-22-19(15-20)12-13-27(22)25(29)23-9-4-14-30-23/h1-11,14-15H,12-13,16H2,(H,26,28). The normalized spacial score (nSPS) is 12.7. The lowest BCUT2D eigenvalue weighted by Crippen LogP contribution is -2.28. The largest absolute Gasteiger partial charge is 0.326 e. The maximum atomic E-state index is 12.7. The molecule has 2 amide bonds. The summed E-state index contributed by atoms with van der Waals surface area (Å²) in [7, 11) is 0. The van der Waals surface area contributed by atoms with Gasteiger partial charge in [0.15, 0.2) is 0 Å². The van der Waals surface area contributed by atoms with E-state index in [1.54, 1.807) is 0 Å². The first-order valence-electron chi connectivity index (χ1n) is 9.94. The van der Waals surface area contributed by atoms with E-state index in [9.17, 15) is 9.59 Å². The van der Waals surface area contributed by atoms with E-state index >= 15 is 0 Å². The third-order valence-electron chi connectivity index (χ3n) is 5.47. The minimum atomic E-state index is -0.0455. The molecule has 0 fully saturated rings. The lowest BCUT2D eigenvalue weighted by molar-refractivity contribution is -0.115. The Bertz CT molecular complexity index is 1240. The van der Waals surface area contributed by atoms with Crippen molar-refractivity contribution in [2.24, 2.45) is 0 Å². The Hall–Kier alpha value is -3.44. The minimum Gasteiger partial charge on any atom is -0.326 e. The highest BCUT2D eigenvalue weighted by Crippen LogP contribution is 2.32. The summed E-state index contributed by atoms with van der Waals surface area (Å²) in [5, 5.41) is 7.17. The molecule has 1 N–H and O–H groups in total. The number of nitrogens with one attached hydrogen (secondary N) is 1. The molecule has 4 nitrogen and oxygen atoms in total. The molecule has 0 unspecified atom stereocenters. The third kappa shape index (κ3) is 3.48. The van der Waals surface area contributed by atoms with E-state index in [2.05, 4.69) is 17.4 Å². The quantitative estimate of drug-likeness (QED) is 0.495. The van der Waals surface area contributed by atoms with Gasteiger partial charge in [0, 0.05) is 17.9 Å². The summed E-state index contributed by atoms with van der Waals surface area (Å²) in [5.41, 5.74) is 3.80. The van der Waals surface area contributed by atoms with E-state index in [1.165, 1.54) is 11.3 Å². The van der Waals surface area contributed by atoms with E-state index in [0.29, 0.717) is 13.0 Å². The number of hydrogen-bond acceptors (Lipinski definition) is 3. The van der Waals surface area contributed by atoms with Gasteiger partial charge in [-0.05, 0) is 58.0 Å². The molecular weight excluding hydrogens is 392 g/mol. The second kappa shape index (κ2) is 7.76. The van der Waals surface area contributed by atoms with Gasteiger partial charge < -0.3 is 10.2 Å². The molecule has 0 saturated heterocycles. The van der Waals surface area contributed by atoms with E-state index in [1.807, 2.05) is 70.9 Å². The number of nitrogens with zero attached hydrogens (tertiary/aromatic N) is 1. The molecule has 0 atom stereocenters. The molecule has 148 valence electrons. The fourth-order valence-electron chi connectivity index (χ4n) is 4.05. The van der Waals surface area contributed by atoms with Crippen LogP contribution in [0.15, 0.2) is 78.2 Å². The van der Waals surface area contributed by atoms with Gasteiger partial charge in [0.25, 0.3) is 5.91 Å². The van der Waals surface area contributed by atoms with Gasteiger partial charge in [0.05, 0.1) is 11.3 Å². The van der Waals surface area contributed by atoms with Gasteiger partial charge in [0.1, 0.15) is 0 Å². The highest BCUT2D eigenvalue weighted by molar-refractivity contribution is 7.12. The summed E-state index contributed by atoms with van der Waals surface area (Å²) in [5.74, 6) is -0.00712. The zero-order chi connectivity index (χ0) is 20.5. The second-order valence-electron chi connectivity index (χ2n) is 7.39. The molecule has 0 bridgehead atoms. The van der Waals surface area contributed by atoms with Crippen molar-refractivity contribution in [3.8, 4) is 0 Å². The molecule has 5 heteroatoms. The fraction of sp³-hybridized carbons (Fsp3) is 0.120. The Kier molecular flexibility index (Phi) is 4.81. The van der Waals surface area contributed by atoms with Crippen LogP contribution in [0.25, 0.3) is 10.8 Å². The predicted molar refractivity (Wildman–Crippen MR) is 122 cm³/mol. The van der Waals surface area contributed by atoms with Gasteiger partial charge in [0.2, 0.25) is 5.91 Å².